The van der Waals surface area contributed by atoms with Crippen molar-refractivity contribution in [2.24, 2.45) is 0 Å². The summed E-state index contributed by atoms with van der Waals surface area (Å²) in [5, 5.41) is 0. The molecule has 0 heterocycles. The van der Waals surface area contributed by atoms with Crippen LogP contribution in [0.5, 0.6) is 0 Å². The molecule has 0 unspecified atom stereocenters. The van der Waals surface area contributed by atoms with Gasteiger partial charge in [-0.05, 0) is 12.8 Å². The summed E-state index contributed by atoms with van der Waals surface area (Å²) < 4.78 is 5.80. The topological polar surface area (TPSA) is 79.2 Å². The second kappa shape index (κ2) is 32.5. The van der Waals surface area contributed by atoms with Crippen molar-refractivity contribution in [3.05, 3.63) is 0 Å². The van der Waals surface area contributed by atoms with Gasteiger partial charge in [-0.25, -0.2) is 0 Å². The molecule has 0 amide bonds. The third-order valence-corrected chi connectivity index (χ3v) is 5.78. The maximum Gasteiger partial charge on any atom is 0.0466 e. The Morgan fingerprint density at radius 3 is 0.759 bits per heavy atom. The minimum absolute atomic E-state index is 0. The first-order chi connectivity index (χ1) is 13.4. The van der Waals surface area contributed by atoms with Crippen molar-refractivity contribution in [3.8, 4) is 0 Å². The van der Waals surface area contributed by atoms with Gasteiger partial charge in [-0.3, -0.25) is 0 Å². The van der Waals surface area contributed by atoms with E-state index in [4.69, 9.17) is 4.74 Å². The predicted octanol–water partition coefficient (Wildman–Crippen LogP) is 9.95. The predicted molar refractivity (Wildman–Crippen MR) is 134 cm³/mol. The van der Waals surface area contributed by atoms with Gasteiger partial charge in [-0.1, -0.05) is 142 Å². The van der Waals surface area contributed by atoms with Crippen molar-refractivity contribution in [2.45, 2.75) is 155 Å². The summed E-state index contributed by atoms with van der Waals surface area (Å²) in [6.07, 6.45) is 31.1. The molecule has 0 aliphatic carbocycles. The van der Waals surface area contributed by atoms with E-state index in [0.29, 0.717) is 0 Å². The van der Waals surface area contributed by atoms with Crippen molar-refractivity contribution in [1.29, 1.82) is 0 Å². The number of ether oxygens (including phenoxy) is 1. The Balaban J connectivity index is -0.00000338. The maximum atomic E-state index is 5.80. The lowest BCUT2D eigenvalue weighted by atomic mass is 10.1. The lowest BCUT2D eigenvalue weighted by Crippen LogP contribution is -1.97. The van der Waals surface area contributed by atoms with Gasteiger partial charge in [0.05, 0.1) is 0 Å². The van der Waals surface area contributed by atoms with Gasteiger partial charge in [-0.2, -0.15) is 0 Å². The molecule has 0 spiro atoms. The average Bonchev–Trinajstić information content (AvgIpc) is 2.68. The normalized spacial score (nSPS) is 10.6. The maximum absolute atomic E-state index is 5.80. The van der Waals surface area contributed by atoms with Gasteiger partial charge >= 0.3 is 0 Å². The molecule has 0 bridgehead atoms. The molecule has 0 aromatic carbocycles. The van der Waals surface area contributed by atoms with Crippen LogP contribution in [0.3, 0.4) is 0 Å². The highest BCUT2D eigenvalue weighted by Crippen LogP contribution is 2.12. The second-order valence-electron chi connectivity index (χ2n) is 8.68. The molecule has 0 radical (unpaired) electrons. The van der Waals surface area contributed by atoms with Crippen molar-refractivity contribution >= 4 is 0 Å². The van der Waals surface area contributed by atoms with Crippen LogP contribution in [0.15, 0.2) is 0 Å². The van der Waals surface area contributed by atoms with E-state index in [0.717, 1.165) is 13.2 Å². The second-order valence-corrected chi connectivity index (χ2v) is 8.68. The van der Waals surface area contributed by atoms with E-state index in [2.05, 4.69) is 13.8 Å². The SMILES string of the molecule is CCCCCCCCCCCCCOCCCCCCCCCCCCC.N.N. The fourth-order valence-corrected chi connectivity index (χ4v) is 3.84. The van der Waals surface area contributed by atoms with E-state index in [1.165, 1.54) is 141 Å². The molecule has 0 atom stereocenters. The van der Waals surface area contributed by atoms with Crippen molar-refractivity contribution < 1.29 is 4.74 Å². The first-order valence-electron chi connectivity index (χ1n) is 13.0. The summed E-state index contributed by atoms with van der Waals surface area (Å²) in [5.74, 6) is 0. The summed E-state index contributed by atoms with van der Waals surface area (Å²) >= 11 is 0. The molecule has 0 aromatic rings. The third kappa shape index (κ3) is 32.7. The van der Waals surface area contributed by atoms with Gasteiger partial charge < -0.3 is 17.0 Å². The molecular weight excluding hydrogens is 356 g/mol. The standard InChI is InChI=1S/C26H54O.2H3N/c1-3-5-7-9-11-13-15-17-19-21-23-25-27-26-24-22-20-18-16-14-12-10-8-6-4-2;;/h3-26H2,1-2H3;2*1H3. The minimum Gasteiger partial charge on any atom is -0.381 e. The monoisotopic (exact) mass is 416 g/mol. The average molecular weight is 417 g/mol. The summed E-state index contributed by atoms with van der Waals surface area (Å²) in [6.45, 7) is 6.58. The van der Waals surface area contributed by atoms with Crippen molar-refractivity contribution in [2.75, 3.05) is 13.2 Å². The van der Waals surface area contributed by atoms with E-state index < -0.39 is 0 Å². The Hall–Kier alpha value is -0.120. The van der Waals surface area contributed by atoms with Crippen LogP contribution in [0, 0.1) is 0 Å². The number of unbranched alkanes of at least 4 members (excludes halogenated alkanes) is 20. The lowest BCUT2D eigenvalue weighted by molar-refractivity contribution is 0.125. The van der Waals surface area contributed by atoms with E-state index >= 15 is 0 Å². The van der Waals surface area contributed by atoms with Gasteiger partial charge in [0.15, 0.2) is 0 Å². The van der Waals surface area contributed by atoms with Gasteiger partial charge in [0.25, 0.3) is 0 Å². The van der Waals surface area contributed by atoms with Crippen LogP contribution in [0.1, 0.15) is 155 Å². The Bertz CT molecular complexity index is 225. The zero-order chi connectivity index (χ0) is 19.7. The first kappa shape index (κ1) is 33.5. The number of hydrogen-bond acceptors (Lipinski definition) is 3. The fourth-order valence-electron chi connectivity index (χ4n) is 3.84. The molecule has 180 valence electrons. The molecule has 0 aromatic heterocycles. The van der Waals surface area contributed by atoms with E-state index in [1.54, 1.807) is 0 Å². The fraction of sp³-hybridized carbons (Fsp3) is 1.00. The van der Waals surface area contributed by atoms with Crippen LogP contribution in [-0.4, -0.2) is 13.2 Å². The van der Waals surface area contributed by atoms with Gasteiger partial charge in [0, 0.05) is 13.2 Å². The molecule has 0 saturated heterocycles. The Morgan fingerprint density at radius 2 is 0.517 bits per heavy atom. The molecule has 0 aliphatic heterocycles. The molecule has 0 aliphatic rings. The summed E-state index contributed by atoms with van der Waals surface area (Å²) in [6, 6.07) is 0. The van der Waals surface area contributed by atoms with Crippen molar-refractivity contribution in [3.63, 3.8) is 0 Å². The van der Waals surface area contributed by atoms with Crippen LogP contribution in [0.2, 0.25) is 0 Å². The minimum atomic E-state index is 0. The highest BCUT2D eigenvalue weighted by molar-refractivity contribution is 4.49. The summed E-state index contributed by atoms with van der Waals surface area (Å²) in [5.41, 5.74) is 0. The zero-order valence-electron chi connectivity index (χ0n) is 20.8. The number of rotatable bonds is 24. The van der Waals surface area contributed by atoms with Crippen LogP contribution >= 0.6 is 0 Å². The van der Waals surface area contributed by atoms with E-state index in [9.17, 15) is 0 Å². The molecule has 0 rings (SSSR count). The third-order valence-electron chi connectivity index (χ3n) is 5.78. The molecule has 3 nitrogen and oxygen atoms in total. The number of hydrogen-bond donors (Lipinski definition) is 2. The molecule has 0 fully saturated rings. The Labute approximate surface area is 185 Å². The highest BCUT2D eigenvalue weighted by Gasteiger charge is 1.95. The van der Waals surface area contributed by atoms with Crippen LogP contribution in [0.4, 0.5) is 0 Å². The smallest absolute Gasteiger partial charge is 0.0466 e. The van der Waals surface area contributed by atoms with Gasteiger partial charge in [0.1, 0.15) is 0 Å². The van der Waals surface area contributed by atoms with E-state index in [1.807, 2.05) is 0 Å². The molecule has 0 saturated carbocycles. The Morgan fingerprint density at radius 1 is 0.310 bits per heavy atom. The molecule has 29 heavy (non-hydrogen) atoms. The van der Waals surface area contributed by atoms with Crippen molar-refractivity contribution in [1.82, 2.24) is 12.3 Å². The molecular formula is C26H60N2O. The van der Waals surface area contributed by atoms with Crippen LogP contribution < -0.4 is 12.3 Å². The summed E-state index contributed by atoms with van der Waals surface area (Å²) in [4.78, 5) is 0. The largest absolute Gasteiger partial charge is 0.381 e. The highest BCUT2D eigenvalue weighted by atomic mass is 16.5. The van der Waals surface area contributed by atoms with Gasteiger partial charge in [0.2, 0.25) is 0 Å². The lowest BCUT2D eigenvalue weighted by Gasteiger charge is -2.05. The molecule has 3 heteroatoms. The van der Waals surface area contributed by atoms with Crippen LogP contribution in [-0.2, 0) is 4.74 Å². The van der Waals surface area contributed by atoms with Gasteiger partial charge in [-0.15, -0.1) is 0 Å². The Kier molecular flexibility index (Phi) is 37.6. The first-order valence-corrected chi connectivity index (χ1v) is 13.0. The molecule has 6 N–H and O–H groups in total. The van der Waals surface area contributed by atoms with Crippen LogP contribution in [0.25, 0.3) is 0 Å². The van der Waals surface area contributed by atoms with E-state index in [-0.39, 0.29) is 12.3 Å². The zero-order valence-corrected chi connectivity index (χ0v) is 20.8. The quantitative estimate of drug-likeness (QED) is 0.154. The summed E-state index contributed by atoms with van der Waals surface area (Å²) in [7, 11) is 0.